The number of aryl methyl sites for hydroxylation is 1. The third kappa shape index (κ3) is 3.67. The molecule has 1 unspecified atom stereocenters. The van der Waals surface area contributed by atoms with Gasteiger partial charge < -0.3 is 9.73 Å². The van der Waals surface area contributed by atoms with Crippen LogP contribution >= 0.6 is 0 Å². The van der Waals surface area contributed by atoms with E-state index < -0.39 is 10.0 Å². The van der Waals surface area contributed by atoms with Crippen LogP contribution in [0.1, 0.15) is 44.6 Å². The third-order valence-corrected chi connectivity index (χ3v) is 6.24. The van der Waals surface area contributed by atoms with Crippen molar-refractivity contribution < 1.29 is 12.8 Å². The highest BCUT2D eigenvalue weighted by atomic mass is 32.2. The van der Waals surface area contributed by atoms with Gasteiger partial charge in [-0.25, -0.2) is 8.42 Å². The lowest BCUT2D eigenvalue weighted by molar-refractivity contribution is 0.356. The van der Waals surface area contributed by atoms with E-state index in [0.29, 0.717) is 28.9 Å². The van der Waals surface area contributed by atoms with Gasteiger partial charge in [0.2, 0.25) is 10.0 Å². The second kappa shape index (κ2) is 6.50. The molecule has 120 valence electrons. The van der Waals surface area contributed by atoms with Crippen molar-refractivity contribution in [2.75, 3.05) is 13.6 Å². The minimum atomic E-state index is -3.47. The fourth-order valence-corrected chi connectivity index (χ4v) is 4.11. The monoisotopic (exact) mass is 314 g/mol. The van der Waals surface area contributed by atoms with Crippen molar-refractivity contribution in [2.24, 2.45) is 5.92 Å². The Morgan fingerprint density at radius 3 is 2.71 bits per heavy atom. The molecule has 21 heavy (non-hydrogen) atoms. The summed E-state index contributed by atoms with van der Waals surface area (Å²) in [7, 11) is -1.81. The molecule has 0 amide bonds. The van der Waals surface area contributed by atoms with Gasteiger partial charge in [-0.15, -0.1) is 0 Å². The summed E-state index contributed by atoms with van der Waals surface area (Å²) < 4.78 is 32.5. The van der Waals surface area contributed by atoms with Gasteiger partial charge >= 0.3 is 0 Å². The fourth-order valence-electron chi connectivity index (χ4n) is 2.51. The van der Waals surface area contributed by atoms with Crippen molar-refractivity contribution in [3.8, 4) is 0 Å². The molecule has 1 heterocycles. The Kier molecular flexibility index (Phi) is 5.11. The molecule has 0 saturated heterocycles. The molecule has 1 fully saturated rings. The Labute approximate surface area is 127 Å². The van der Waals surface area contributed by atoms with Crippen LogP contribution in [0.5, 0.6) is 0 Å². The van der Waals surface area contributed by atoms with E-state index in [2.05, 4.69) is 12.2 Å². The lowest BCUT2D eigenvalue weighted by atomic mass is 10.2. The molecule has 0 radical (unpaired) electrons. The molecule has 1 atom stereocenters. The fraction of sp³-hybridized carbons (Fsp3) is 0.733. The van der Waals surface area contributed by atoms with Crippen LogP contribution in [0.3, 0.4) is 0 Å². The lowest BCUT2D eigenvalue weighted by Crippen LogP contribution is -2.36. The number of sulfonamides is 1. The van der Waals surface area contributed by atoms with Gasteiger partial charge in [-0.05, 0) is 45.6 Å². The zero-order chi connectivity index (χ0) is 15.6. The summed E-state index contributed by atoms with van der Waals surface area (Å²) >= 11 is 0. The van der Waals surface area contributed by atoms with Crippen molar-refractivity contribution in [3.63, 3.8) is 0 Å². The van der Waals surface area contributed by atoms with Crippen LogP contribution in [-0.2, 0) is 16.6 Å². The highest BCUT2D eigenvalue weighted by Gasteiger charge is 2.37. The van der Waals surface area contributed by atoms with Crippen LogP contribution in [-0.4, -0.2) is 32.4 Å². The summed E-state index contributed by atoms with van der Waals surface area (Å²) in [6.45, 7) is 7.23. The Morgan fingerprint density at radius 2 is 2.14 bits per heavy atom. The predicted octanol–water partition coefficient (Wildman–Crippen LogP) is 2.51. The molecule has 5 nitrogen and oxygen atoms in total. The van der Waals surface area contributed by atoms with E-state index in [9.17, 15) is 8.42 Å². The second-order valence-electron chi connectivity index (χ2n) is 5.91. The average molecular weight is 314 g/mol. The first kappa shape index (κ1) is 16.5. The van der Waals surface area contributed by atoms with Gasteiger partial charge in [0, 0.05) is 19.2 Å². The first-order valence-corrected chi connectivity index (χ1v) is 9.10. The first-order chi connectivity index (χ1) is 9.87. The van der Waals surface area contributed by atoms with Gasteiger partial charge in [0.05, 0.1) is 6.54 Å². The van der Waals surface area contributed by atoms with Gasteiger partial charge in [0.15, 0.2) is 0 Å². The lowest BCUT2D eigenvalue weighted by Gasteiger charge is -2.23. The van der Waals surface area contributed by atoms with Crippen molar-refractivity contribution in [3.05, 3.63) is 17.6 Å². The first-order valence-electron chi connectivity index (χ1n) is 7.66. The van der Waals surface area contributed by atoms with Gasteiger partial charge in [-0.1, -0.05) is 6.92 Å². The smallest absolute Gasteiger partial charge is 0.246 e. The summed E-state index contributed by atoms with van der Waals surface area (Å²) in [5.74, 6) is 1.65. The summed E-state index contributed by atoms with van der Waals surface area (Å²) in [5, 5.41) is 3.22. The molecule has 1 N–H and O–H groups in total. The summed E-state index contributed by atoms with van der Waals surface area (Å²) in [5.41, 5.74) is 0. The molecule has 1 aromatic rings. The van der Waals surface area contributed by atoms with Crippen LogP contribution in [0.4, 0.5) is 0 Å². The van der Waals surface area contributed by atoms with Crippen LogP contribution in [0.25, 0.3) is 0 Å². The summed E-state index contributed by atoms with van der Waals surface area (Å²) in [4.78, 5) is 0.297. The van der Waals surface area contributed by atoms with E-state index in [1.807, 2.05) is 6.92 Å². The van der Waals surface area contributed by atoms with Crippen molar-refractivity contribution in [1.82, 2.24) is 9.62 Å². The molecule has 1 saturated carbocycles. The van der Waals surface area contributed by atoms with E-state index in [1.54, 1.807) is 20.0 Å². The molecule has 2 rings (SSSR count). The molecule has 0 bridgehead atoms. The number of rotatable bonds is 8. The van der Waals surface area contributed by atoms with Gasteiger partial charge in [0.25, 0.3) is 0 Å². The quantitative estimate of drug-likeness (QED) is 0.749. The van der Waals surface area contributed by atoms with Gasteiger partial charge in [0.1, 0.15) is 16.4 Å². The third-order valence-electron chi connectivity index (χ3n) is 4.18. The van der Waals surface area contributed by atoms with E-state index >= 15 is 0 Å². The summed E-state index contributed by atoms with van der Waals surface area (Å²) in [6, 6.07) is 1.70. The van der Waals surface area contributed by atoms with Crippen molar-refractivity contribution >= 4 is 10.0 Å². The van der Waals surface area contributed by atoms with E-state index in [-0.39, 0.29) is 6.04 Å². The molecular weight excluding hydrogens is 288 g/mol. The summed E-state index contributed by atoms with van der Waals surface area (Å²) in [6.07, 6.45) is 3.28. The molecule has 1 aliphatic carbocycles. The topological polar surface area (TPSA) is 62.6 Å². The molecule has 0 aromatic carbocycles. The standard InChI is InChI=1S/C15H26N2O3S/c1-5-8-16-10-14-9-15(12(3)20-14)21(18,19)17(4)11(2)13-6-7-13/h9,11,13,16H,5-8,10H2,1-4H3. The average Bonchev–Trinajstić information content (AvgIpc) is 3.21. The highest BCUT2D eigenvalue weighted by Crippen LogP contribution is 2.37. The van der Waals surface area contributed by atoms with Crippen molar-refractivity contribution in [1.29, 1.82) is 0 Å². The van der Waals surface area contributed by atoms with Gasteiger partial charge in [-0.3, -0.25) is 0 Å². The van der Waals surface area contributed by atoms with Crippen LogP contribution in [0.2, 0.25) is 0 Å². The Hall–Kier alpha value is -0.850. The minimum absolute atomic E-state index is 0.0472. The van der Waals surface area contributed by atoms with Crippen LogP contribution < -0.4 is 5.32 Å². The normalized spacial score (nSPS) is 17.4. The maximum atomic E-state index is 12.7. The largest absolute Gasteiger partial charge is 0.464 e. The predicted molar refractivity (Wildman–Crippen MR) is 82.6 cm³/mol. The highest BCUT2D eigenvalue weighted by molar-refractivity contribution is 7.89. The second-order valence-corrected chi connectivity index (χ2v) is 7.88. The minimum Gasteiger partial charge on any atom is -0.464 e. The van der Waals surface area contributed by atoms with Crippen LogP contribution in [0.15, 0.2) is 15.4 Å². The molecule has 0 spiro atoms. The molecule has 6 heteroatoms. The maximum Gasteiger partial charge on any atom is 0.246 e. The number of hydrogen-bond donors (Lipinski definition) is 1. The molecule has 1 aliphatic rings. The van der Waals surface area contributed by atoms with Gasteiger partial charge in [-0.2, -0.15) is 4.31 Å². The van der Waals surface area contributed by atoms with E-state index in [1.165, 1.54) is 4.31 Å². The molecule has 0 aliphatic heterocycles. The zero-order valence-electron chi connectivity index (χ0n) is 13.3. The van der Waals surface area contributed by atoms with Crippen molar-refractivity contribution in [2.45, 2.75) is 57.5 Å². The number of nitrogens with zero attached hydrogens (tertiary/aromatic N) is 1. The Bertz CT molecular complexity index is 576. The Balaban J connectivity index is 2.15. The molecule has 1 aromatic heterocycles. The number of nitrogens with one attached hydrogen (secondary N) is 1. The zero-order valence-corrected chi connectivity index (χ0v) is 14.2. The Morgan fingerprint density at radius 1 is 1.48 bits per heavy atom. The van der Waals surface area contributed by atoms with E-state index in [0.717, 1.165) is 25.8 Å². The van der Waals surface area contributed by atoms with Crippen LogP contribution in [0, 0.1) is 12.8 Å². The maximum absolute atomic E-state index is 12.7. The number of hydrogen-bond acceptors (Lipinski definition) is 4. The SMILES string of the molecule is CCCNCc1cc(S(=O)(=O)N(C)C(C)C2CC2)c(C)o1. The molecular formula is C15H26N2O3S. The number of furan rings is 1. The van der Waals surface area contributed by atoms with E-state index in [4.69, 9.17) is 4.42 Å².